The molecule has 3 rings (SSSR count). The summed E-state index contributed by atoms with van der Waals surface area (Å²) in [6.07, 6.45) is 0. The Morgan fingerprint density at radius 2 is 1.92 bits per heavy atom. The lowest BCUT2D eigenvalue weighted by molar-refractivity contribution is 0.0686. The number of benzene rings is 2. The predicted molar refractivity (Wildman–Crippen MR) is 86.2 cm³/mol. The normalized spacial score (nSPS) is 10.4. The molecule has 0 saturated carbocycles. The number of carboxylic acid groups (broad SMARTS) is 1. The highest BCUT2D eigenvalue weighted by molar-refractivity contribution is 5.86. The number of hydrogen-bond acceptors (Lipinski definition) is 5. The van der Waals surface area contributed by atoms with Crippen LogP contribution >= 0.6 is 0 Å². The average molecular weight is 325 g/mol. The topological polar surface area (TPSA) is 81.8 Å². The van der Waals surface area contributed by atoms with E-state index < -0.39 is 5.97 Å². The number of rotatable bonds is 6. The zero-order valence-corrected chi connectivity index (χ0v) is 12.9. The Kier molecular flexibility index (Phi) is 4.47. The zero-order chi connectivity index (χ0) is 16.9. The van der Waals surface area contributed by atoms with Gasteiger partial charge in [0.25, 0.3) is 0 Å². The first-order chi connectivity index (χ1) is 11.7. The molecule has 1 N–H and O–H groups in total. The maximum Gasteiger partial charge on any atom is 0.358 e. The van der Waals surface area contributed by atoms with Crippen molar-refractivity contribution in [1.29, 1.82) is 0 Å². The number of methoxy groups -OCH3 is 1. The van der Waals surface area contributed by atoms with E-state index in [9.17, 15) is 4.79 Å². The van der Waals surface area contributed by atoms with Gasteiger partial charge in [-0.2, -0.15) is 0 Å². The highest BCUT2D eigenvalue weighted by atomic mass is 16.5. The molecule has 0 fully saturated rings. The van der Waals surface area contributed by atoms with Crippen LogP contribution < -0.4 is 9.47 Å². The molecule has 0 aliphatic carbocycles. The highest BCUT2D eigenvalue weighted by Gasteiger charge is 2.14. The van der Waals surface area contributed by atoms with Crippen LogP contribution in [0, 0.1) is 0 Å². The molecule has 0 aliphatic heterocycles. The average Bonchev–Trinajstić information content (AvgIpc) is 3.11. The van der Waals surface area contributed by atoms with Crippen molar-refractivity contribution in [3.63, 3.8) is 0 Å². The minimum atomic E-state index is -1.14. The van der Waals surface area contributed by atoms with Crippen molar-refractivity contribution in [3.8, 4) is 22.8 Å². The lowest BCUT2D eigenvalue weighted by atomic mass is 10.1. The molecule has 6 nitrogen and oxygen atoms in total. The van der Waals surface area contributed by atoms with Crippen LogP contribution in [-0.4, -0.2) is 23.3 Å². The molecule has 0 bridgehead atoms. The van der Waals surface area contributed by atoms with Gasteiger partial charge in [0.05, 0.1) is 7.11 Å². The van der Waals surface area contributed by atoms with Crippen molar-refractivity contribution in [2.45, 2.75) is 6.61 Å². The molecule has 0 unspecified atom stereocenters. The Morgan fingerprint density at radius 1 is 1.12 bits per heavy atom. The lowest BCUT2D eigenvalue weighted by Gasteiger charge is -2.11. The van der Waals surface area contributed by atoms with Gasteiger partial charge in [0.2, 0.25) is 0 Å². The van der Waals surface area contributed by atoms with Gasteiger partial charge in [-0.15, -0.1) is 0 Å². The predicted octanol–water partition coefficient (Wildman–Crippen LogP) is 3.63. The second-order valence-electron chi connectivity index (χ2n) is 5.02. The summed E-state index contributed by atoms with van der Waals surface area (Å²) in [6, 6.07) is 16.3. The standard InChI is InChI=1S/C18H15NO5/c1-22-15-8-7-13(16-10-14(18(20)21)19-24-16)9-17(15)23-11-12-5-3-2-4-6-12/h2-10H,11H2,1H3,(H,20,21). The van der Waals surface area contributed by atoms with Crippen molar-refractivity contribution >= 4 is 5.97 Å². The Bertz CT molecular complexity index is 842. The molecular weight excluding hydrogens is 310 g/mol. The minimum Gasteiger partial charge on any atom is -0.493 e. The maximum absolute atomic E-state index is 10.9. The first-order valence-electron chi connectivity index (χ1n) is 7.22. The SMILES string of the molecule is COc1ccc(-c2cc(C(=O)O)no2)cc1OCc1ccccc1. The fourth-order valence-electron chi connectivity index (χ4n) is 2.19. The Labute approximate surface area is 138 Å². The van der Waals surface area contributed by atoms with E-state index in [-0.39, 0.29) is 5.69 Å². The zero-order valence-electron chi connectivity index (χ0n) is 12.9. The third-order valence-electron chi connectivity index (χ3n) is 3.41. The summed E-state index contributed by atoms with van der Waals surface area (Å²) in [7, 11) is 1.56. The number of carboxylic acids is 1. The van der Waals surface area contributed by atoms with E-state index in [0.29, 0.717) is 29.4 Å². The molecule has 0 aliphatic rings. The molecule has 3 aromatic rings. The molecule has 0 atom stereocenters. The Hall–Kier alpha value is -3.28. The number of hydrogen-bond donors (Lipinski definition) is 1. The van der Waals surface area contributed by atoms with Gasteiger partial charge in [-0.05, 0) is 23.8 Å². The molecule has 6 heteroatoms. The van der Waals surface area contributed by atoms with Crippen molar-refractivity contribution in [2.75, 3.05) is 7.11 Å². The molecule has 1 heterocycles. The van der Waals surface area contributed by atoms with Crippen LogP contribution in [0.5, 0.6) is 11.5 Å². The summed E-state index contributed by atoms with van der Waals surface area (Å²) in [6.45, 7) is 0.386. The van der Waals surface area contributed by atoms with Gasteiger partial charge in [-0.1, -0.05) is 35.5 Å². The van der Waals surface area contributed by atoms with Gasteiger partial charge in [0.1, 0.15) is 6.61 Å². The number of ether oxygens (including phenoxy) is 2. The summed E-state index contributed by atoms with van der Waals surface area (Å²) in [4.78, 5) is 10.9. The van der Waals surface area contributed by atoms with Gasteiger partial charge < -0.3 is 19.1 Å². The van der Waals surface area contributed by atoms with Gasteiger partial charge in [0, 0.05) is 11.6 Å². The quantitative estimate of drug-likeness (QED) is 0.745. The molecule has 0 saturated heterocycles. The molecule has 2 aromatic carbocycles. The van der Waals surface area contributed by atoms with E-state index in [1.807, 2.05) is 30.3 Å². The van der Waals surface area contributed by atoms with E-state index >= 15 is 0 Å². The van der Waals surface area contributed by atoms with Crippen LogP contribution in [0.4, 0.5) is 0 Å². The summed E-state index contributed by atoms with van der Waals surface area (Å²) >= 11 is 0. The highest BCUT2D eigenvalue weighted by Crippen LogP contribution is 2.33. The van der Waals surface area contributed by atoms with E-state index in [4.69, 9.17) is 19.1 Å². The Morgan fingerprint density at radius 3 is 2.58 bits per heavy atom. The summed E-state index contributed by atoms with van der Waals surface area (Å²) in [5.41, 5.74) is 1.53. The smallest absolute Gasteiger partial charge is 0.358 e. The van der Waals surface area contributed by atoms with Crippen molar-refractivity contribution in [2.24, 2.45) is 0 Å². The fourth-order valence-corrected chi connectivity index (χ4v) is 2.19. The first kappa shape index (κ1) is 15.6. The first-order valence-corrected chi connectivity index (χ1v) is 7.22. The molecular formula is C18H15NO5. The second-order valence-corrected chi connectivity index (χ2v) is 5.02. The summed E-state index contributed by atoms with van der Waals surface area (Å²) in [5, 5.41) is 12.4. The molecule has 0 radical (unpaired) electrons. The van der Waals surface area contributed by atoms with Crippen LogP contribution in [-0.2, 0) is 6.61 Å². The third kappa shape index (κ3) is 3.38. The van der Waals surface area contributed by atoms with Crippen LogP contribution in [0.2, 0.25) is 0 Å². The largest absolute Gasteiger partial charge is 0.493 e. The van der Waals surface area contributed by atoms with E-state index in [2.05, 4.69) is 5.16 Å². The monoisotopic (exact) mass is 325 g/mol. The van der Waals surface area contributed by atoms with Crippen molar-refractivity contribution in [3.05, 3.63) is 65.9 Å². The number of aromatic carboxylic acids is 1. The third-order valence-corrected chi connectivity index (χ3v) is 3.41. The van der Waals surface area contributed by atoms with E-state index in [0.717, 1.165) is 5.56 Å². The van der Waals surface area contributed by atoms with E-state index in [1.165, 1.54) is 6.07 Å². The Balaban J connectivity index is 1.85. The lowest BCUT2D eigenvalue weighted by Crippen LogP contribution is -1.97. The second kappa shape index (κ2) is 6.87. The van der Waals surface area contributed by atoms with Gasteiger partial charge in [-0.3, -0.25) is 0 Å². The summed E-state index contributed by atoms with van der Waals surface area (Å²) < 4.78 is 16.2. The number of aromatic nitrogens is 1. The number of carbonyl (C=O) groups is 1. The van der Waals surface area contributed by atoms with Crippen LogP contribution in [0.25, 0.3) is 11.3 Å². The maximum atomic E-state index is 10.9. The molecule has 122 valence electrons. The van der Waals surface area contributed by atoms with Crippen molar-refractivity contribution in [1.82, 2.24) is 5.16 Å². The molecule has 1 aromatic heterocycles. The minimum absolute atomic E-state index is 0.146. The fraction of sp³-hybridized carbons (Fsp3) is 0.111. The van der Waals surface area contributed by atoms with Crippen LogP contribution in [0.15, 0.2) is 59.1 Å². The van der Waals surface area contributed by atoms with Crippen LogP contribution in [0.3, 0.4) is 0 Å². The number of nitrogens with zero attached hydrogens (tertiary/aromatic N) is 1. The van der Waals surface area contributed by atoms with Gasteiger partial charge in [-0.25, -0.2) is 4.79 Å². The molecule has 0 spiro atoms. The van der Waals surface area contributed by atoms with Gasteiger partial charge in [0.15, 0.2) is 23.0 Å². The molecule has 24 heavy (non-hydrogen) atoms. The summed E-state index contributed by atoms with van der Waals surface area (Å²) in [5.74, 6) is 0.318. The van der Waals surface area contributed by atoms with Crippen LogP contribution in [0.1, 0.15) is 16.1 Å². The van der Waals surface area contributed by atoms with Gasteiger partial charge >= 0.3 is 5.97 Å². The molecule has 0 amide bonds. The van der Waals surface area contributed by atoms with E-state index in [1.54, 1.807) is 25.3 Å². The van der Waals surface area contributed by atoms with Crippen molar-refractivity contribution < 1.29 is 23.9 Å².